The van der Waals surface area contributed by atoms with Crippen LogP contribution in [-0.2, 0) is 6.54 Å². The van der Waals surface area contributed by atoms with Crippen molar-refractivity contribution in [1.29, 1.82) is 0 Å². The molecular formula is C13H16N2. The summed E-state index contributed by atoms with van der Waals surface area (Å²) in [5, 5.41) is 0. The zero-order chi connectivity index (χ0) is 10.8. The zero-order valence-corrected chi connectivity index (χ0v) is 9.49. The molecule has 0 aliphatic heterocycles. The van der Waals surface area contributed by atoms with Gasteiger partial charge < -0.3 is 4.57 Å². The lowest BCUT2D eigenvalue weighted by Gasteiger charge is -2.02. The van der Waals surface area contributed by atoms with Crippen LogP contribution in [0.2, 0.25) is 0 Å². The minimum absolute atomic E-state index is 0.911. The molecule has 0 N–H and O–H groups in total. The molecule has 0 bridgehead atoms. The topological polar surface area (TPSA) is 17.8 Å². The molecule has 0 atom stereocenters. The molecule has 1 aromatic heterocycles. The van der Waals surface area contributed by atoms with Gasteiger partial charge in [-0.2, -0.15) is 0 Å². The summed E-state index contributed by atoms with van der Waals surface area (Å²) >= 11 is 0. The van der Waals surface area contributed by atoms with Gasteiger partial charge in [0.2, 0.25) is 0 Å². The van der Waals surface area contributed by atoms with E-state index in [1.165, 1.54) is 11.1 Å². The SMILES string of the molecule is CC(C)=CCn1c(C)nc2ccccc21. The minimum atomic E-state index is 0.911. The maximum Gasteiger partial charge on any atom is 0.107 e. The number of hydrogen-bond acceptors (Lipinski definition) is 1. The summed E-state index contributed by atoms with van der Waals surface area (Å²) in [6, 6.07) is 8.26. The van der Waals surface area contributed by atoms with E-state index in [4.69, 9.17) is 0 Å². The second kappa shape index (κ2) is 3.89. The van der Waals surface area contributed by atoms with Crippen molar-refractivity contribution in [3.05, 3.63) is 41.7 Å². The highest BCUT2D eigenvalue weighted by atomic mass is 15.1. The first-order valence-corrected chi connectivity index (χ1v) is 5.23. The fourth-order valence-corrected chi connectivity index (χ4v) is 1.70. The Hall–Kier alpha value is -1.57. The number of fused-ring (bicyclic) bond motifs is 1. The van der Waals surface area contributed by atoms with Crippen LogP contribution in [0.5, 0.6) is 0 Å². The fourth-order valence-electron chi connectivity index (χ4n) is 1.70. The van der Waals surface area contributed by atoms with Crippen LogP contribution in [0.3, 0.4) is 0 Å². The smallest absolute Gasteiger partial charge is 0.107 e. The van der Waals surface area contributed by atoms with Crippen LogP contribution < -0.4 is 0 Å². The number of para-hydroxylation sites is 2. The van der Waals surface area contributed by atoms with E-state index in [0.29, 0.717) is 0 Å². The molecule has 0 fully saturated rings. The van der Waals surface area contributed by atoms with Crippen LogP contribution in [0.25, 0.3) is 11.0 Å². The number of aryl methyl sites for hydroxylation is 1. The van der Waals surface area contributed by atoms with Gasteiger partial charge in [-0.15, -0.1) is 0 Å². The third-order valence-corrected chi connectivity index (χ3v) is 2.53. The van der Waals surface area contributed by atoms with E-state index in [1.807, 2.05) is 6.07 Å². The summed E-state index contributed by atoms with van der Waals surface area (Å²) < 4.78 is 2.24. The van der Waals surface area contributed by atoms with E-state index in [-0.39, 0.29) is 0 Å². The van der Waals surface area contributed by atoms with E-state index in [1.54, 1.807) is 0 Å². The van der Waals surface area contributed by atoms with Crippen LogP contribution in [0.1, 0.15) is 19.7 Å². The zero-order valence-electron chi connectivity index (χ0n) is 9.49. The lowest BCUT2D eigenvalue weighted by Crippen LogP contribution is -1.98. The Morgan fingerprint density at radius 1 is 1.33 bits per heavy atom. The number of benzene rings is 1. The molecule has 0 aliphatic rings. The number of rotatable bonds is 2. The Labute approximate surface area is 90.3 Å². The Morgan fingerprint density at radius 3 is 2.80 bits per heavy atom. The van der Waals surface area contributed by atoms with Gasteiger partial charge in [-0.25, -0.2) is 4.98 Å². The third kappa shape index (κ3) is 1.94. The number of hydrogen-bond donors (Lipinski definition) is 0. The Bertz CT molecular complexity index is 502. The highest BCUT2D eigenvalue weighted by molar-refractivity contribution is 5.75. The molecule has 1 heterocycles. The van der Waals surface area contributed by atoms with E-state index in [0.717, 1.165) is 17.9 Å². The summed E-state index contributed by atoms with van der Waals surface area (Å²) in [5.41, 5.74) is 3.64. The van der Waals surface area contributed by atoms with Gasteiger partial charge in [0.05, 0.1) is 11.0 Å². The van der Waals surface area contributed by atoms with Gasteiger partial charge in [-0.3, -0.25) is 0 Å². The van der Waals surface area contributed by atoms with Gasteiger partial charge in [-0.1, -0.05) is 23.8 Å². The van der Waals surface area contributed by atoms with Crippen molar-refractivity contribution in [2.75, 3.05) is 0 Å². The minimum Gasteiger partial charge on any atom is -0.324 e. The largest absolute Gasteiger partial charge is 0.324 e. The normalized spacial score (nSPS) is 10.6. The average Bonchev–Trinajstić information content (AvgIpc) is 2.50. The van der Waals surface area contributed by atoms with Gasteiger partial charge >= 0.3 is 0 Å². The lowest BCUT2D eigenvalue weighted by atomic mass is 10.3. The monoisotopic (exact) mass is 200 g/mol. The molecule has 78 valence electrons. The quantitative estimate of drug-likeness (QED) is 0.680. The molecule has 0 saturated heterocycles. The van der Waals surface area contributed by atoms with Crippen LogP contribution in [0.4, 0.5) is 0 Å². The summed E-state index contributed by atoms with van der Waals surface area (Å²) in [5.74, 6) is 1.08. The molecule has 2 heteroatoms. The van der Waals surface area contributed by atoms with E-state index < -0.39 is 0 Å². The maximum atomic E-state index is 4.52. The van der Waals surface area contributed by atoms with Crippen LogP contribution >= 0.6 is 0 Å². The van der Waals surface area contributed by atoms with Gasteiger partial charge in [-0.05, 0) is 32.9 Å². The first-order valence-electron chi connectivity index (χ1n) is 5.23. The first kappa shape index (κ1) is 9.97. The second-order valence-corrected chi connectivity index (χ2v) is 4.04. The van der Waals surface area contributed by atoms with Crippen molar-refractivity contribution in [2.24, 2.45) is 0 Å². The molecule has 0 amide bonds. The highest BCUT2D eigenvalue weighted by Crippen LogP contribution is 2.15. The standard InChI is InChI=1S/C13H16N2/c1-10(2)8-9-15-11(3)14-12-6-4-5-7-13(12)15/h4-8H,9H2,1-3H3. The number of imidazole rings is 1. The highest BCUT2D eigenvalue weighted by Gasteiger charge is 2.04. The summed E-state index contributed by atoms with van der Waals surface area (Å²) in [4.78, 5) is 4.52. The van der Waals surface area contributed by atoms with Crippen molar-refractivity contribution in [3.8, 4) is 0 Å². The average molecular weight is 200 g/mol. The molecule has 15 heavy (non-hydrogen) atoms. The molecular weight excluding hydrogens is 184 g/mol. The van der Waals surface area contributed by atoms with Crippen LogP contribution in [0, 0.1) is 6.92 Å². The van der Waals surface area contributed by atoms with Gasteiger partial charge in [0, 0.05) is 6.54 Å². The Morgan fingerprint density at radius 2 is 2.07 bits per heavy atom. The molecule has 0 unspecified atom stereocenters. The van der Waals surface area contributed by atoms with E-state index >= 15 is 0 Å². The predicted octanol–water partition coefficient (Wildman–Crippen LogP) is 3.31. The van der Waals surface area contributed by atoms with Crippen molar-refractivity contribution in [1.82, 2.24) is 9.55 Å². The molecule has 0 saturated carbocycles. The third-order valence-electron chi connectivity index (χ3n) is 2.53. The van der Waals surface area contributed by atoms with Crippen LogP contribution in [-0.4, -0.2) is 9.55 Å². The molecule has 0 spiro atoms. The molecule has 2 rings (SSSR count). The van der Waals surface area contributed by atoms with E-state index in [9.17, 15) is 0 Å². The van der Waals surface area contributed by atoms with Gasteiger partial charge in [0.15, 0.2) is 0 Å². The van der Waals surface area contributed by atoms with Crippen molar-refractivity contribution in [2.45, 2.75) is 27.3 Å². The van der Waals surface area contributed by atoms with Crippen molar-refractivity contribution < 1.29 is 0 Å². The van der Waals surface area contributed by atoms with Crippen LogP contribution in [0.15, 0.2) is 35.9 Å². The maximum absolute atomic E-state index is 4.52. The van der Waals surface area contributed by atoms with Crippen molar-refractivity contribution >= 4 is 11.0 Å². The molecule has 0 aliphatic carbocycles. The van der Waals surface area contributed by atoms with E-state index in [2.05, 4.69) is 54.6 Å². The summed E-state index contributed by atoms with van der Waals surface area (Å²) in [7, 11) is 0. The number of aromatic nitrogens is 2. The van der Waals surface area contributed by atoms with Gasteiger partial charge in [0.1, 0.15) is 5.82 Å². The molecule has 2 aromatic rings. The fraction of sp³-hybridized carbons (Fsp3) is 0.308. The lowest BCUT2D eigenvalue weighted by molar-refractivity contribution is 0.801. The predicted molar refractivity (Wildman–Crippen MR) is 63.9 cm³/mol. The number of allylic oxidation sites excluding steroid dienone is 2. The summed E-state index contributed by atoms with van der Waals surface area (Å²) in [6.45, 7) is 7.20. The van der Waals surface area contributed by atoms with Gasteiger partial charge in [0.25, 0.3) is 0 Å². The molecule has 1 aromatic carbocycles. The first-order chi connectivity index (χ1) is 7.18. The summed E-state index contributed by atoms with van der Waals surface area (Å²) in [6.07, 6.45) is 2.22. The van der Waals surface area contributed by atoms with Crippen molar-refractivity contribution in [3.63, 3.8) is 0 Å². The second-order valence-electron chi connectivity index (χ2n) is 4.04. The Kier molecular flexibility index (Phi) is 2.58. The molecule has 2 nitrogen and oxygen atoms in total. The Balaban J connectivity index is 2.49. The number of nitrogens with zero attached hydrogens (tertiary/aromatic N) is 2. The molecule has 0 radical (unpaired) electrons.